The van der Waals surface area contributed by atoms with Crippen molar-refractivity contribution in [1.29, 1.82) is 0 Å². The van der Waals surface area contributed by atoms with Gasteiger partial charge in [0.05, 0.1) is 4.11 Å². The second-order valence-corrected chi connectivity index (χ2v) is 6.40. The molecule has 1 aliphatic rings. The van der Waals surface area contributed by atoms with E-state index in [1.165, 1.54) is 30.3 Å². The SMILES string of the molecule is [2H]C1(c2cc(F)cc(F)c2)OC(N)=C(OS(=O)(=O)C([2H])([2H])c2ccccc2)C1=O. The summed E-state index contributed by atoms with van der Waals surface area (Å²) < 4.78 is 85.2. The van der Waals surface area contributed by atoms with E-state index in [0.717, 1.165) is 0 Å². The molecule has 0 spiro atoms. The van der Waals surface area contributed by atoms with E-state index < -0.39 is 56.5 Å². The number of rotatable bonds is 5. The summed E-state index contributed by atoms with van der Waals surface area (Å²) in [5.41, 5.74) is 1.51. The third kappa shape index (κ3) is 3.83. The number of halogens is 2. The van der Waals surface area contributed by atoms with E-state index in [2.05, 4.69) is 4.18 Å². The van der Waals surface area contributed by atoms with Crippen molar-refractivity contribution in [1.82, 2.24) is 0 Å². The summed E-state index contributed by atoms with van der Waals surface area (Å²) in [6.07, 6.45) is -2.81. The van der Waals surface area contributed by atoms with Gasteiger partial charge >= 0.3 is 10.1 Å². The summed E-state index contributed by atoms with van der Waals surface area (Å²) in [6.45, 7) is 0. The van der Waals surface area contributed by atoms with Crippen LogP contribution in [-0.4, -0.2) is 14.2 Å². The van der Waals surface area contributed by atoms with Gasteiger partial charge in [-0.15, -0.1) is 0 Å². The van der Waals surface area contributed by atoms with Gasteiger partial charge in [-0.05, 0) is 17.7 Å². The highest BCUT2D eigenvalue weighted by atomic mass is 32.2. The van der Waals surface area contributed by atoms with Gasteiger partial charge in [-0.3, -0.25) is 4.79 Å². The Morgan fingerprint density at radius 3 is 2.42 bits per heavy atom. The van der Waals surface area contributed by atoms with E-state index in [1.807, 2.05) is 0 Å². The summed E-state index contributed by atoms with van der Waals surface area (Å²) in [5.74, 6) is -5.79. The molecule has 1 heterocycles. The van der Waals surface area contributed by atoms with E-state index in [4.69, 9.17) is 14.6 Å². The molecule has 2 aromatic rings. The lowest BCUT2D eigenvalue weighted by molar-refractivity contribution is -0.123. The van der Waals surface area contributed by atoms with Gasteiger partial charge in [0.1, 0.15) is 17.3 Å². The second kappa shape index (κ2) is 6.75. The number of ether oxygens (including phenoxy) is 1. The monoisotopic (exact) mass is 384 g/mol. The normalized spacial score (nSPS) is 22.4. The van der Waals surface area contributed by atoms with Crippen LogP contribution in [0.1, 0.15) is 21.3 Å². The van der Waals surface area contributed by atoms with Crippen molar-refractivity contribution in [2.45, 2.75) is 11.8 Å². The van der Waals surface area contributed by atoms with E-state index in [9.17, 15) is 22.0 Å². The van der Waals surface area contributed by atoms with E-state index in [0.29, 0.717) is 18.2 Å². The molecule has 2 aromatic carbocycles. The third-order valence-electron chi connectivity index (χ3n) is 3.18. The number of ketones is 1. The molecule has 6 nitrogen and oxygen atoms in total. The summed E-state index contributed by atoms with van der Waals surface area (Å²) in [6, 6.07) is 8.49. The van der Waals surface area contributed by atoms with Gasteiger partial charge in [0.15, 0.2) is 6.08 Å². The molecule has 0 amide bonds. The highest BCUT2D eigenvalue weighted by Gasteiger charge is 2.39. The molecule has 0 fully saturated rings. The van der Waals surface area contributed by atoms with Gasteiger partial charge in [-0.1, -0.05) is 30.3 Å². The van der Waals surface area contributed by atoms with Crippen LogP contribution in [0.2, 0.25) is 0 Å². The Kier molecular flexibility index (Phi) is 3.70. The second-order valence-electron chi connectivity index (χ2n) is 5.12. The fourth-order valence-electron chi connectivity index (χ4n) is 2.15. The highest BCUT2D eigenvalue weighted by molar-refractivity contribution is 7.86. The minimum atomic E-state index is -5.15. The first-order valence-electron chi connectivity index (χ1n) is 8.58. The van der Waals surface area contributed by atoms with Gasteiger partial charge in [0.25, 0.3) is 0 Å². The van der Waals surface area contributed by atoms with Crippen molar-refractivity contribution in [2.75, 3.05) is 0 Å². The maximum atomic E-state index is 13.5. The average molecular weight is 384 g/mol. The molecule has 1 unspecified atom stereocenters. The molecule has 0 aromatic heterocycles. The minimum Gasteiger partial charge on any atom is -0.460 e. The van der Waals surface area contributed by atoms with Crippen LogP contribution < -0.4 is 5.73 Å². The zero-order valence-electron chi connectivity index (χ0n) is 15.9. The lowest BCUT2D eigenvalue weighted by atomic mass is 10.1. The molecule has 26 heavy (non-hydrogen) atoms. The van der Waals surface area contributed by atoms with Gasteiger partial charge in [-0.2, -0.15) is 8.42 Å². The van der Waals surface area contributed by atoms with Crippen molar-refractivity contribution >= 4 is 15.9 Å². The first-order valence-corrected chi connectivity index (χ1v) is 8.49. The van der Waals surface area contributed by atoms with Crippen molar-refractivity contribution < 1.29 is 35.0 Å². The van der Waals surface area contributed by atoms with Gasteiger partial charge < -0.3 is 14.7 Å². The number of carbonyl (C=O) groups excluding carboxylic acids is 1. The zero-order valence-corrected chi connectivity index (χ0v) is 13.7. The molecule has 3 rings (SSSR count). The molecule has 1 atom stereocenters. The van der Waals surface area contributed by atoms with Crippen LogP contribution in [0.3, 0.4) is 0 Å². The van der Waals surface area contributed by atoms with Gasteiger partial charge in [0, 0.05) is 11.6 Å². The molecule has 0 bridgehead atoms. The van der Waals surface area contributed by atoms with Crippen molar-refractivity contribution in [3.63, 3.8) is 0 Å². The fourth-order valence-corrected chi connectivity index (χ4v) is 3.00. The average Bonchev–Trinajstić information content (AvgIpc) is 2.85. The van der Waals surface area contributed by atoms with Crippen LogP contribution in [0.4, 0.5) is 8.78 Å². The number of benzene rings is 2. The van der Waals surface area contributed by atoms with Crippen molar-refractivity contribution in [3.05, 3.63) is 82.9 Å². The molecule has 0 saturated heterocycles. The first kappa shape index (κ1) is 14.3. The van der Waals surface area contributed by atoms with Crippen LogP contribution in [0, 0.1) is 11.6 Å². The maximum absolute atomic E-state index is 13.5. The molecule has 0 radical (unpaired) electrons. The summed E-state index contributed by atoms with van der Waals surface area (Å²) in [7, 11) is -5.15. The topological polar surface area (TPSA) is 95.7 Å². The largest absolute Gasteiger partial charge is 0.460 e. The van der Waals surface area contributed by atoms with Crippen LogP contribution in [0.25, 0.3) is 0 Å². The van der Waals surface area contributed by atoms with E-state index in [1.54, 1.807) is 0 Å². The Bertz CT molecular complexity index is 1100. The molecule has 2 N–H and O–H groups in total. The third-order valence-corrected chi connectivity index (χ3v) is 4.05. The molecular formula is C17H13F2NO5S. The zero-order chi connectivity index (χ0) is 21.6. The van der Waals surface area contributed by atoms with Gasteiger partial charge in [0.2, 0.25) is 17.4 Å². The number of nitrogens with two attached hydrogens (primary N) is 1. The number of hydrogen-bond acceptors (Lipinski definition) is 6. The summed E-state index contributed by atoms with van der Waals surface area (Å²) >= 11 is 0. The number of hydrogen-bond donors (Lipinski definition) is 1. The Labute approximate surface area is 152 Å². The summed E-state index contributed by atoms with van der Waals surface area (Å²) in [5, 5.41) is 0. The molecule has 1 aliphatic heterocycles. The lowest BCUT2D eigenvalue weighted by Gasteiger charge is -2.10. The molecular weight excluding hydrogens is 368 g/mol. The predicted octanol–water partition coefficient (Wildman–Crippen LogP) is 2.28. The lowest BCUT2D eigenvalue weighted by Crippen LogP contribution is -2.16. The quantitative estimate of drug-likeness (QED) is 0.795. The van der Waals surface area contributed by atoms with Crippen LogP contribution in [0.5, 0.6) is 0 Å². The van der Waals surface area contributed by atoms with E-state index >= 15 is 0 Å². The van der Waals surface area contributed by atoms with Crippen LogP contribution in [0.15, 0.2) is 60.2 Å². The highest BCUT2D eigenvalue weighted by Crippen LogP contribution is 2.33. The van der Waals surface area contributed by atoms with E-state index in [-0.39, 0.29) is 5.56 Å². The van der Waals surface area contributed by atoms with Gasteiger partial charge in [-0.25, -0.2) is 8.78 Å². The standard InChI is InChI=1S/C17H13F2NO5S/c18-12-6-11(7-13(19)8-12)15-14(21)16(17(20)24-15)25-26(22,23)9-10-4-2-1-3-5-10/h1-8,15H,9,20H2/i9D2,15D. The fraction of sp³-hybridized carbons (Fsp3) is 0.118. The number of Topliss-reactive ketones (excluding diaryl/α,β-unsaturated/α-hetero) is 1. The Hall–Kier alpha value is -2.94. The minimum absolute atomic E-state index is 0.283. The summed E-state index contributed by atoms with van der Waals surface area (Å²) in [4.78, 5) is 12.6. The molecule has 0 saturated carbocycles. The van der Waals surface area contributed by atoms with Crippen LogP contribution in [-0.2, 0) is 29.5 Å². The van der Waals surface area contributed by atoms with Crippen molar-refractivity contribution in [2.24, 2.45) is 5.73 Å². The predicted molar refractivity (Wildman–Crippen MR) is 86.6 cm³/mol. The smallest absolute Gasteiger partial charge is 0.313 e. The number of carbonyl (C=O) groups is 1. The van der Waals surface area contributed by atoms with Crippen LogP contribution >= 0.6 is 0 Å². The Morgan fingerprint density at radius 2 is 1.81 bits per heavy atom. The maximum Gasteiger partial charge on any atom is 0.313 e. The molecule has 0 aliphatic carbocycles. The Balaban J connectivity index is 1.96. The van der Waals surface area contributed by atoms with Crippen molar-refractivity contribution in [3.8, 4) is 0 Å². The molecule has 9 heteroatoms. The molecule has 136 valence electrons. The Morgan fingerprint density at radius 1 is 1.19 bits per heavy atom. The first-order chi connectivity index (χ1) is 13.4.